The van der Waals surface area contributed by atoms with Crippen molar-refractivity contribution in [2.24, 2.45) is 7.05 Å². The van der Waals surface area contributed by atoms with Crippen LogP contribution in [0.25, 0.3) is 10.2 Å². The van der Waals surface area contributed by atoms with E-state index in [0.717, 1.165) is 42.7 Å². The highest BCUT2D eigenvalue weighted by Gasteiger charge is 2.26. The van der Waals surface area contributed by atoms with Crippen LogP contribution in [0.4, 0.5) is 5.13 Å². The van der Waals surface area contributed by atoms with E-state index < -0.39 is 0 Å². The molecular weight excluding hydrogens is 306 g/mol. The Morgan fingerprint density at radius 3 is 2.87 bits per heavy atom. The first-order valence-electron chi connectivity index (χ1n) is 8.01. The van der Waals surface area contributed by atoms with Crippen LogP contribution in [0.3, 0.4) is 0 Å². The first-order valence-corrected chi connectivity index (χ1v) is 8.83. The van der Waals surface area contributed by atoms with Crippen molar-refractivity contribution in [1.29, 1.82) is 0 Å². The van der Waals surface area contributed by atoms with Crippen LogP contribution >= 0.6 is 11.3 Å². The molecule has 1 aliphatic heterocycles. The summed E-state index contributed by atoms with van der Waals surface area (Å²) in [5, 5.41) is 1.15. The molecule has 1 unspecified atom stereocenters. The van der Waals surface area contributed by atoms with E-state index in [1.54, 1.807) is 11.3 Å². The lowest BCUT2D eigenvalue weighted by atomic mass is 10.2. The van der Waals surface area contributed by atoms with E-state index in [-0.39, 0.29) is 0 Å². The van der Waals surface area contributed by atoms with E-state index in [4.69, 9.17) is 4.98 Å². The van der Waals surface area contributed by atoms with E-state index in [0.29, 0.717) is 6.04 Å². The summed E-state index contributed by atoms with van der Waals surface area (Å²) < 4.78 is 3.37. The number of nitrogens with zero attached hydrogens (tertiary/aromatic N) is 5. The first kappa shape index (κ1) is 14.7. The quantitative estimate of drug-likeness (QED) is 0.741. The number of fused-ring (bicyclic) bond motifs is 1. The highest BCUT2D eigenvalue weighted by Crippen LogP contribution is 2.30. The molecule has 0 spiro atoms. The molecule has 6 heteroatoms. The molecule has 23 heavy (non-hydrogen) atoms. The van der Waals surface area contributed by atoms with Gasteiger partial charge in [0.05, 0.1) is 16.8 Å². The number of hydrogen-bond acceptors (Lipinski definition) is 5. The molecule has 0 radical (unpaired) electrons. The Morgan fingerprint density at radius 1 is 1.26 bits per heavy atom. The molecule has 0 amide bonds. The Balaban J connectivity index is 1.47. The largest absolute Gasteiger partial charge is 0.345 e. The van der Waals surface area contributed by atoms with Gasteiger partial charge >= 0.3 is 0 Å². The van der Waals surface area contributed by atoms with Gasteiger partial charge in [-0.15, -0.1) is 0 Å². The lowest BCUT2D eigenvalue weighted by molar-refractivity contribution is 0.175. The van der Waals surface area contributed by atoms with Crippen molar-refractivity contribution >= 4 is 26.7 Å². The maximum Gasteiger partial charge on any atom is 0.186 e. The molecule has 1 atom stereocenters. The predicted molar refractivity (Wildman–Crippen MR) is 94.9 cm³/mol. The molecule has 1 aromatic carbocycles. The van der Waals surface area contributed by atoms with Crippen molar-refractivity contribution in [2.45, 2.75) is 19.5 Å². The minimum atomic E-state index is 0.493. The fourth-order valence-electron chi connectivity index (χ4n) is 3.13. The topological polar surface area (TPSA) is 37.2 Å². The third-order valence-corrected chi connectivity index (χ3v) is 5.68. The highest BCUT2D eigenvalue weighted by molar-refractivity contribution is 7.22. The van der Waals surface area contributed by atoms with E-state index >= 15 is 0 Å². The lowest BCUT2D eigenvalue weighted by Gasteiger charge is -2.39. The van der Waals surface area contributed by atoms with Gasteiger partial charge in [0.2, 0.25) is 0 Å². The average molecular weight is 327 g/mol. The first-order chi connectivity index (χ1) is 11.2. The predicted octanol–water partition coefficient (Wildman–Crippen LogP) is 2.74. The molecular formula is C17H21N5S. The Bertz CT molecular complexity index is 775. The van der Waals surface area contributed by atoms with Crippen LogP contribution < -0.4 is 4.90 Å². The third kappa shape index (κ3) is 2.84. The number of benzene rings is 1. The van der Waals surface area contributed by atoms with Crippen molar-refractivity contribution in [2.75, 3.05) is 24.5 Å². The standard InChI is InChI=1S/C17H21N5S/c1-13-11-22(17-19-14-5-3-4-6-15(14)23-17)10-9-21(13)12-16-18-7-8-20(16)2/h3-8,13H,9-12H2,1-2H3. The minimum absolute atomic E-state index is 0.493. The van der Waals surface area contributed by atoms with Crippen LogP contribution in [-0.4, -0.2) is 45.1 Å². The van der Waals surface area contributed by atoms with Crippen molar-refractivity contribution < 1.29 is 0 Å². The average Bonchev–Trinajstić information content (AvgIpc) is 3.15. The summed E-state index contributed by atoms with van der Waals surface area (Å²) in [5.41, 5.74) is 1.11. The zero-order valence-corrected chi connectivity index (χ0v) is 14.3. The van der Waals surface area contributed by atoms with Gasteiger partial charge < -0.3 is 9.47 Å². The van der Waals surface area contributed by atoms with Gasteiger partial charge in [-0.3, -0.25) is 4.90 Å². The summed E-state index contributed by atoms with van der Waals surface area (Å²) >= 11 is 1.79. The van der Waals surface area contributed by atoms with Gasteiger partial charge in [-0.05, 0) is 19.1 Å². The fourth-order valence-corrected chi connectivity index (χ4v) is 4.13. The van der Waals surface area contributed by atoms with E-state index in [1.807, 2.05) is 12.4 Å². The Hall–Kier alpha value is -1.92. The number of rotatable bonds is 3. The molecule has 0 N–H and O–H groups in total. The molecule has 1 fully saturated rings. The van der Waals surface area contributed by atoms with Crippen molar-refractivity contribution in [1.82, 2.24) is 19.4 Å². The number of piperazine rings is 1. The van der Waals surface area contributed by atoms with Gasteiger partial charge in [0.15, 0.2) is 5.13 Å². The molecule has 0 bridgehead atoms. The number of hydrogen-bond donors (Lipinski definition) is 0. The van der Waals surface area contributed by atoms with Crippen molar-refractivity contribution in [3.8, 4) is 0 Å². The van der Waals surface area contributed by atoms with Crippen LogP contribution in [0.2, 0.25) is 0 Å². The minimum Gasteiger partial charge on any atom is -0.345 e. The van der Waals surface area contributed by atoms with Gasteiger partial charge in [-0.25, -0.2) is 9.97 Å². The number of aromatic nitrogens is 3. The molecule has 2 aromatic heterocycles. The molecule has 4 rings (SSSR count). The maximum atomic E-state index is 4.80. The van der Waals surface area contributed by atoms with Gasteiger partial charge in [0, 0.05) is 45.1 Å². The highest BCUT2D eigenvalue weighted by atomic mass is 32.1. The molecule has 3 aromatic rings. The third-order valence-electron chi connectivity index (χ3n) is 4.58. The van der Waals surface area contributed by atoms with Crippen LogP contribution in [0.1, 0.15) is 12.7 Å². The van der Waals surface area contributed by atoms with E-state index in [1.165, 1.54) is 4.70 Å². The second-order valence-electron chi connectivity index (χ2n) is 6.18. The number of anilines is 1. The van der Waals surface area contributed by atoms with Crippen molar-refractivity contribution in [3.63, 3.8) is 0 Å². The van der Waals surface area contributed by atoms with Gasteiger partial charge in [-0.1, -0.05) is 23.5 Å². The Labute approximate surface area is 140 Å². The van der Waals surface area contributed by atoms with E-state index in [2.05, 4.69) is 57.6 Å². The molecule has 1 saturated heterocycles. The van der Waals surface area contributed by atoms with Gasteiger partial charge in [0.25, 0.3) is 0 Å². The monoisotopic (exact) mass is 327 g/mol. The summed E-state index contributed by atoms with van der Waals surface area (Å²) in [5.74, 6) is 1.13. The second-order valence-corrected chi connectivity index (χ2v) is 7.19. The number of thiazole rings is 1. The number of imidazole rings is 1. The van der Waals surface area contributed by atoms with Crippen LogP contribution in [0.15, 0.2) is 36.7 Å². The summed E-state index contributed by atoms with van der Waals surface area (Å²) in [6.45, 7) is 6.30. The second kappa shape index (κ2) is 5.94. The summed E-state index contributed by atoms with van der Waals surface area (Å²) in [6, 6.07) is 8.87. The molecule has 0 aliphatic carbocycles. The zero-order chi connectivity index (χ0) is 15.8. The van der Waals surface area contributed by atoms with Crippen molar-refractivity contribution in [3.05, 3.63) is 42.5 Å². The maximum absolute atomic E-state index is 4.80. The number of aryl methyl sites for hydroxylation is 1. The summed E-state index contributed by atoms with van der Waals surface area (Å²) in [6.07, 6.45) is 3.88. The van der Waals surface area contributed by atoms with E-state index in [9.17, 15) is 0 Å². The summed E-state index contributed by atoms with van der Waals surface area (Å²) in [7, 11) is 2.06. The molecule has 1 aliphatic rings. The molecule has 120 valence electrons. The smallest absolute Gasteiger partial charge is 0.186 e. The SMILES string of the molecule is CC1CN(c2nc3ccccc3s2)CCN1Cc1nccn1C. The number of para-hydroxylation sites is 1. The van der Waals surface area contributed by atoms with Crippen LogP contribution in [0, 0.1) is 0 Å². The lowest BCUT2D eigenvalue weighted by Crippen LogP contribution is -2.51. The van der Waals surface area contributed by atoms with Gasteiger partial charge in [-0.2, -0.15) is 0 Å². The zero-order valence-electron chi connectivity index (χ0n) is 13.5. The molecule has 3 heterocycles. The van der Waals surface area contributed by atoms with Crippen LogP contribution in [-0.2, 0) is 13.6 Å². The molecule has 0 saturated carbocycles. The van der Waals surface area contributed by atoms with Gasteiger partial charge in [0.1, 0.15) is 5.82 Å². The Morgan fingerprint density at radius 2 is 2.13 bits per heavy atom. The summed E-state index contributed by atoms with van der Waals surface area (Å²) in [4.78, 5) is 14.2. The molecule has 5 nitrogen and oxygen atoms in total. The fraction of sp³-hybridized carbons (Fsp3) is 0.412. The Kier molecular flexibility index (Phi) is 3.79. The normalized spacial score (nSPS) is 19.6. The van der Waals surface area contributed by atoms with Crippen LogP contribution in [0.5, 0.6) is 0 Å².